The van der Waals surface area contributed by atoms with Gasteiger partial charge >= 0.3 is 6.18 Å². The minimum atomic E-state index is -4.51. The SMILES string of the molecule is CCC(NC(=O)c1ncn(-c2ccccc2)n1)c1nc(C(F)(F)F)cs1. The topological polar surface area (TPSA) is 72.7 Å². The molecule has 1 N–H and O–H groups in total. The van der Waals surface area contributed by atoms with Crippen LogP contribution in [-0.2, 0) is 6.18 Å². The van der Waals surface area contributed by atoms with Crippen LogP contribution in [0.5, 0.6) is 0 Å². The molecule has 3 rings (SSSR count). The fourth-order valence-electron chi connectivity index (χ4n) is 2.21. The van der Waals surface area contributed by atoms with Crippen molar-refractivity contribution >= 4 is 17.2 Å². The molecule has 0 spiro atoms. The number of hydrogen-bond acceptors (Lipinski definition) is 5. The van der Waals surface area contributed by atoms with Crippen molar-refractivity contribution in [2.45, 2.75) is 25.6 Å². The van der Waals surface area contributed by atoms with Gasteiger partial charge in [-0.1, -0.05) is 25.1 Å². The Hall–Kier alpha value is -2.75. The number of hydrogen-bond donors (Lipinski definition) is 1. The van der Waals surface area contributed by atoms with Crippen molar-refractivity contribution in [2.75, 3.05) is 0 Å². The Bertz CT molecular complexity index is 891. The van der Waals surface area contributed by atoms with Gasteiger partial charge in [0.05, 0.1) is 11.7 Å². The van der Waals surface area contributed by atoms with Gasteiger partial charge in [0, 0.05) is 5.38 Å². The summed E-state index contributed by atoms with van der Waals surface area (Å²) >= 11 is 0.856. The van der Waals surface area contributed by atoms with Crippen LogP contribution in [0, 0.1) is 0 Å². The highest BCUT2D eigenvalue weighted by atomic mass is 32.1. The molecule has 136 valence electrons. The molecule has 0 fully saturated rings. The van der Waals surface area contributed by atoms with E-state index in [0.717, 1.165) is 22.4 Å². The maximum absolute atomic E-state index is 12.7. The average molecular weight is 381 g/mol. The zero-order chi connectivity index (χ0) is 18.7. The van der Waals surface area contributed by atoms with E-state index in [1.54, 1.807) is 19.1 Å². The molecule has 1 amide bonds. The summed E-state index contributed by atoms with van der Waals surface area (Å²) in [6.45, 7) is 1.75. The lowest BCUT2D eigenvalue weighted by molar-refractivity contribution is -0.140. The average Bonchev–Trinajstić information content (AvgIpc) is 3.29. The fraction of sp³-hybridized carbons (Fsp3) is 0.250. The summed E-state index contributed by atoms with van der Waals surface area (Å²) in [6, 6.07) is 8.46. The van der Waals surface area contributed by atoms with Crippen molar-refractivity contribution in [1.82, 2.24) is 25.1 Å². The molecule has 26 heavy (non-hydrogen) atoms. The number of nitrogens with one attached hydrogen (secondary N) is 1. The van der Waals surface area contributed by atoms with Gasteiger partial charge in [-0.05, 0) is 18.6 Å². The number of alkyl halides is 3. The van der Waals surface area contributed by atoms with Crippen molar-refractivity contribution < 1.29 is 18.0 Å². The Balaban J connectivity index is 1.74. The van der Waals surface area contributed by atoms with Crippen LogP contribution in [0.15, 0.2) is 42.0 Å². The van der Waals surface area contributed by atoms with Crippen LogP contribution >= 0.6 is 11.3 Å². The summed E-state index contributed by atoms with van der Waals surface area (Å²) in [5.74, 6) is -0.643. The van der Waals surface area contributed by atoms with E-state index in [1.807, 2.05) is 18.2 Å². The zero-order valence-corrected chi connectivity index (χ0v) is 14.4. The second-order valence-electron chi connectivity index (χ2n) is 5.35. The fourth-order valence-corrected chi connectivity index (χ4v) is 3.17. The third kappa shape index (κ3) is 3.90. The molecule has 2 aromatic heterocycles. The van der Waals surface area contributed by atoms with Gasteiger partial charge in [0.25, 0.3) is 5.91 Å². The van der Waals surface area contributed by atoms with Gasteiger partial charge in [0.2, 0.25) is 5.82 Å². The summed E-state index contributed by atoms with van der Waals surface area (Å²) in [7, 11) is 0. The van der Waals surface area contributed by atoms with Gasteiger partial charge in [-0.2, -0.15) is 13.2 Å². The zero-order valence-electron chi connectivity index (χ0n) is 13.6. The molecule has 0 radical (unpaired) electrons. The molecule has 1 unspecified atom stereocenters. The highest BCUT2D eigenvalue weighted by Gasteiger charge is 2.34. The lowest BCUT2D eigenvalue weighted by atomic mass is 10.2. The van der Waals surface area contributed by atoms with E-state index < -0.39 is 23.8 Å². The predicted octanol–water partition coefficient (Wildman–Crippen LogP) is 3.62. The Morgan fingerprint density at radius 1 is 1.31 bits per heavy atom. The first kappa shape index (κ1) is 18.1. The molecule has 0 aliphatic rings. The van der Waals surface area contributed by atoms with Crippen molar-refractivity contribution in [3.05, 3.63) is 58.6 Å². The molecule has 0 saturated carbocycles. The summed E-state index contributed by atoms with van der Waals surface area (Å²) in [4.78, 5) is 19.9. The summed E-state index contributed by atoms with van der Waals surface area (Å²) in [5.41, 5.74) is -0.225. The molecule has 1 atom stereocenters. The maximum atomic E-state index is 12.7. The van der Waals surface area contributed by atoms with Gasteiger partial charge in [0.1, 0.15) is 11.3 Å². The molecule has 0 aliphatic carbocycles. The first-order valence-corrected chi connectivity index (χ1v) is 8.57. The molecule has 0 saturated heterocycles. The largest absolute Gasteiger partial charge is 0.434 e. The van der Waals surface area contributed by atoms with Gasteiger partial charge in [-0.3, -0.25) is 4.79 Å². The van der Waals surface area contributed by atoms with Crippen LogP contribution in [0.1, 0.15) is 40.7 Å². The molecule has 3 aromatic rings. The van der Waals surface area contributed by atoms with E-state index in [9.17, 15) is 18.0 Å². The van der Waals surface area contributed by atoms with Crippen LogP contribution < -0.4 is 5.32 Å². The molecular weight excluding hydrogens is 367 g/mol. The minimum absolute atomic E-state index is 0.0695. The van der Waals surface area contributed by atoms with Crippen LogP contribution in [0.4, 0.5) is 13.2 Å². The summed E-state index contributed by atoms with van der Waals surface area (Å²) < 4.78 is 39.5. The number of benzene rings is 1. The monoisotopic (exact) mass is 381 g/mol. The number of thiazole rings is 1. The first-order chi connectivity index (χ1) is 12.4. The number of para-hydroxylation sites is 1. The van der Waals surface area contributed by atoms with E-state index >= 15 is 0 Å². The molecule has 6 nitrogen and oxygen atoms in total. The Morgan fingerprint density at radius 2 is 2.04 bits per heavy atom. The second-order valence-corrected chi connectivity index (χ2v) is 6.24. The van der Waals surface area contributed by atoms with E-state index in [2.05, 4.69) is 20.4 Å². The predicted molar refractivity (Wildman–Crippen MR) is 89.0 cm³/mol. The molecule has 2 heterocycles. The minimum Gasteiger partial charge on any atom is -0.340 e. The van der Waals surface area contributed by atoms with Crippen molar-refractivity contribution in [3.8, 4) is 5.69 Å². The Kier molecular flexibility index (Phi) is 5.03. The normalized spacial score (nSPS) is 12.8. The van der Waals surface area contributed by atoms with Gasteiger partial charge in [-0.15, -0.1) is 16.4 Å². The smallest absolute Gasteiger partial charge is 0.340 e. The quantitative estimate of drug-likeness (QED) is 0.733. The summed E-state index contributed by atoms with van der Waals surface area (Å²) in [5, 5.41) is 7.86. The third-order valence-electron chi connectivity index (χ3n) is 3.54. The van der Waals surface area contributed by atoms with Crippen LogP contribution in [-0.4, -0.2) is 25.7 Å². The van der Waals surface area contributed by atoms with Crippen molar-refractivity contribution in [2.24, 2.45) is 0 Å². The van der Waals surface area contributed by atoms with Crippen molar-refractivity contribution in [3.63, 3.8) is 0 Å². The molecule has 10 heteroatoms. The van der Waals surface area contributed by atoms with E-state index in [4.69, 9.17) is 0 Å². The van der Waals surface area contributed by atoms with E-state index in [0.29, 0.717) is 6.42 Å². The number of aromatic nitrogens is 4. The lowest BCUT2D eigenvalue weighted by Crippen LogP contribution is -2.29. The Morgan fingerprint density at radius 3 is 2.65 bits per heavy atom. The highest BCUT2D eigenvalue weighted by molar-refractivity contribution is 7.09. The van der Waals surface area contributed by atoms with Gasteiger partial charge in [0.15, 0.2) is 5.69 Å². The van der Waals surface area contributed by atoms with Crippen LogP contribution in [0.3, 0.4) is 0 Å². The van der Waals surface area contributed by atoms with Crippen LogP contribution in [0.25, 0.3) is 5.69 Å². The van der Waals surface area contributed by atoms with Gasteiger partial charge < -0.3 is 5.32 Å². The highest BCUT2D eigenvalue weighted by Crippen LogP contribution is 2.32. The molecule has 0 bridgehead atoms. The number of nitrogens with zero attached hydrogens (tertiary/aromatic N) is 4. The maximum Gasteiger partial charge on any atom is 0.434 e. The van der Waals surface area contributed by atoms with Gasteiger partial charge in [-0.25, -0.2) is 14.6 Å². The van der Waals surface area contributed by atoms with E-state index in [-0.39, 0.29) is 10.8 Å². The number of amides is 1. The molecular formula is C16H14F3N5OS. The first-order valence-electron chi connectivity index (χ1n) is 7.69. The standard InChI is InChI=1S/C16H14F3N5OS/c1-2-11(15-22-12(8-26-15)16(17,18)19)21-14(25)13-20-9-24(23-13)10-6-4-3-5-7-10/h3-9,11H,2H2,1H3,(H,21,25). The Labute approximate surface area is 150 Å². The number of carbonyl (C=O) groups excluding carboxylic acids is 1. The summed E-state index contributed by atoms with van der Waals surface area (Å²) in [6.07, 6.45) is -2.72. The molecule has 1 aromatic carbocycles. The van der Waals surface area contributed by atoms with Crippen LogP contribution in [0.2, 0.25) is 0 Å². The number of rotatable bonds is 5. The number of carbonyl (C=O) groups is 1. The number of halogens is 3. The lowest BCUT2D eigenvalue weighted by Gasteiger charge is -2.13. The van der Waals surface area contributed by atoms with Crippen molar-refractivity contribution in [1.29, 1.82) is 0 Å². The second kappa shape index (κ2) is 7.24. The van der Waals surface area contributed by atoms with E-state index in [1.165, 1.54) is 11.0 Å². The molecule has 0 aliphatic heterocycles. The third-order valence-corrected chi connectivity index (χ3v) is 4.50.